The number of hydrogen-bond donors (Lipinski definition) is 1. The number of aryl methyl sites for hydroxylation is 2. The molecule has 3 aromatic rings. The molecule has 1 aromatic heterocycles. The Kier molecular flexibility index (Phi) is 5.19. The molecule has 0 saturated carbocycles. The van der Waals surface area contributed by atoms with E-state index in [1.165, 1.54) is 0 Å². The van der Waals surface area contributed by atoms with Gasteiger partial charge in [0.1, 0.15) is 0 Å². The average Bonchev–Trinajstić information content (AvgIpc) is 2.91. The summed E-state index contributed by atoms with van der Waals surface area (Å²) in [6.07, 6.45) is 0. The molecule has 0 aliphatic rings. The summed E-state index contributed by atoms with van der Waals surface area (Å²) < 4.78 is 1.96. The summed E-state index contributed by atoms with van der Waals surface area (Å²) in [5.41, 5.74) is 4.86. The van der Waals surface area contributed by atoms with E-state index in [9.17, 15) is 4.79 Å². The maximum Gasteiger partial charge on any atom is 0.251 e. The maximum absolute atomic E-state index is 12.3. The van der Waals surface area contributed by atoms with Crippen molar-refractivity contribution < 1.29 is 4.79 Å². The molecular formula is C20H20ClN3O. The van der Waals surface area contributed by atoms with Gasteiger partial charge in [-0.15, -0.1) is 0 Å². The number of carbonyl (C=O) groups is 1. The second-order valence-electron chi connectivity index (χ2n) is 6.09. The molecule has 5 heteroatoms. The molecule has 0 spiro atoms. The minimum absolute atomic E-state index is 0.0994. The van der Waals surface area contributed by atoms with E-state index < -0.39 is 0 Å². The van der Waals surface area contributed by atoms with Gasteiger partial charge in [0.15, 0.2) is 0 Å². The first-order chi connectivity index (χ1) is 12.0. The standard InChI is InChI=1S/C20H20ClN3O/c1-14-10-15(2)24(23-14)13-16-6-8-18(9-7-16)20(25)22-12-17-4-3-5-19(21)11-17/h3-11H,12-13H2,1-2H3,(H,22,25). The van der Waals surface area contributed by atoms with Crippen molar-refractivity contribution in [3.05, 3.63) is 87.7 Å². The first-order valence-corrected chi connectivity index (χ1v) is 8.52. The molecular weight excluding hydrogens is 334 g/mol. The molecule has 2 aromatic carbocycles. The fourth-order valence-electron chi connectivity index (χ4n) is 2.70. The SMILES string of the molecule is Cc1cc(C)n(Cc2ccc(C(=O)NCc3cccc(Cl)c3)cc2)n1. The molecule has 0 atom stereocenters. The van der Waals surface area contributed by atoms with Gasteiger partial charge in [-0.2, -0.15) is 5.10 Å². The highest BCUT2D eigenvalue weighted by Crippen LogP contribution is 2.12. The third-order valence-electron chi connectivity index (χ3n) is 3.99. The summed E-state index contributed by atoms with van der Waals surface area (Å²) in [6, 6.07) is 17.1. The van der Waals surface area contributed by atoms with Crippen LogP contribution in [0, 0.1) is 13.8 Å². The van der Waals surface area contributed by atoms with Gasteiger partial charge in [0, 0.05) is 22.8 Å². The zero-order valence-corrected chi connectivity index (χ0v) is 15.0. The van der Waals surface area contributed by atoms with E-state index >= 15 is 0 Å². The Morgan fingerprint density at radius 3 is 2.48 bits per heavy atom. The topological polar surface area (TPSA) is 46.9 Å². The lowest BCUT2D eigenvalue weighted by molar-refractivity contribution is 0.0951. The Hall–Kier alpha value is -2.59. The van der Waals surface area contributed by atoms with Gasteiger partial charge in [0.25, 0.3) is 5.91 Å². The van der Waals surface area contributed by atoms with E-state index in [0.29, 0.717) is 23.7 Å². The Bertz CT molecular complexity index is 884. The van der Waals surface area contributed by atoms with E-state index in [1.54, 1.807) is 0 Å². The second-order valence-corrected chi connectivity index (χ2v) is 6.53. The number of hydrogen-bond acceptors (Lipinski definition) is 2. The van der Waals surface area contributed by atoms with Crippen molar-refractivity contribution in [1.29, 1.82) is 0 Å². The molecule has 0 unspecified atom stereocenters. The van der Waals surface area contributed by atoms with Crippen molar-refractivity contribution in [3.63, 3.8) is 0 Å². The molecule has 1 N–H and O–H groups in total. The van der Waals surface area contributed by atoms with Crippen molar-refractivity contribution >= 4 is 17.5 Å². The molecule has 0 aliphatic carbocycles. The third kappa shape index (κ3) is 4.48. The van der Waals surface area contributed by atoms with Crippen LogP contribution in [0.25, 0.3) is 0 Å². The fraction of sp³-hybridized carbons (Fsp3) is 0.200. The predicted molar refractivity (Wildman–Crippen MR) is 99.9 cm³/mol. The van der Waals surface area contributed by atoms with Crippen LogP contribution in [-0.4, -0.2) is 15.7 Å². The van der Waals surface area contributed by atoms with Gasteiger partial charge >= 0.3 is 0 Å². The Labute approximate surface area is 152 Å². The van der Waals surface area contributed by atoms with Crippen LogP contribution < -0.4 is 5.32 Å². The first kappa shape index (κ1) is 17.2. The second kappa shape index (κ2) is 7.53. The van der Waals surface area contributed by atoms with Crippen LogP contribution in [0.4, 0.5) is 0 Å². The Morgan fingerprint density at radius 2 is 1.84 bits per heavy atom. The van der Waals surface area contributed by atoms with E-state index in [0.717, 1.165) is 22.5 Å². The predicted octanol–water partition coefficient (Wildman–Crippen LogP) is 4.13. The van der Waals surface area contributed by atoms with Crippen molar-refractivity contribution in [2.45, 2.75) is 26.9 Å². The van der Waals surface area contributed by atoms with E-state index in [-0.39, 0.29) is 5.91 Å². The smallest absolute Gasteiger partial charge is 0.251 e. The fourth-order valence-corrected chi connectivity index (χ4v) is 2.91. The molecule has 3 rings (SSSR count). The largest absolute Gasteiger partial charge is 0.348 e. The van der Waals surface area contributed by atoms with Crippen molar-refractivity contribution in [2.24, 2.45) is 0 Å². The average molecular weight is 354 g/mol. The highest BCUT2D eigenvalue weighted by Gasteiger charge is 2.07. The molecule has 4 nitrogen and oxygen atoms in total. The summed E-state index contributed by atoms with van der Waals surface area (Å²) in [5, 5.41) is 8.04. The first-order valence-electron chi connectivity index (χ1n) is 8.14. The van der Waals surface area contributed by atoms with Crippen LogP contribution in [0.15, 0.2) is 54.6 Å². The van der Waals surface area contributed by atoms with Crippen molar-refractivity contribution in [1.82, 2.24) is 15.1 Å². The zero-order valence-electron chi connectivity index (χ0n) is 14.3. The number of benzene rings is 2. The molecule has 0 saturated heterocycles. The molecule has 0 bridgehead atoms. The van der Waals surface area contributed by atoms with Gasteiger partial charge in [-0.25, -0.2) is 0 Å². The Morgan fingerprint density at radius 1 is 1.08 bits per heavy atom. The number of rotatable bonds is 5. The van der Waals surface area contributed by atoms with Gasteiger partial charge < -0.3 is 5.32 Å². The number of halogens is 1. The minimum atomic E-state index is -0.0994. The maximum atomic E-state index is 12.3. The van der Waals surface area contributed by atoms with Crippen LogP contribution in [-0.2, 0) is 13.1 Å². The van der Waals surface area contributed by atoms with Crippen LogP contribution >= 0.6 is 11.6 Å². The molecule has 0 fully saturated rings. The quantitative estimate of drug-likeness (QED) is 0.749. The summed E-state index contributed by atoms with van der Waals surface area (Å²) in [5.74, 6) is -0.0994. The van der Waals surface area contributed by atoms with Crippen LogP contribution in [0.1, 0.15) is 32.9 Å². The molecule has 25 heavy (non-hydrogen) atoms. The van der Waals surface area contributed by atoms with Gasteiger partial charge in [0.2, 0.25) is 0 Å². The Balaban J connectivity index is 1.61. The highest BCUT2D eigenvalue weighted by atomic mass is 35.5. The van der Waals surface area contributed by atoms with E-state index in [1.807, 2.05) is 67.1 Å². The monoisotopic (exact) mass is 353 g/mol. The molecule has 1 amide bonds. The van der Waals surface area contributed by atoms with Crippen LogP contribution in [0.2, 0.25) is 5.02 Å². The lowest BCUT2D eigenvalue weighted by atomic mass is 10.1. The van der Waals surface area contributed by atoms with Crippen molar-refractivity contribution in [2.75, 3.05) is 0 Å². The van der Waals surface area contributed by atoms with Crippen LogP contribution in [0.3, 0.4) is 0 Å². The lowest BCUT2D eigenvalue weighted by Gasteiger charge is -2.08. The molecule has 1 heterocycles. The summed E-state index contributed by atoms with van der Waals surface area (Å²) in [7, 11) is 0. The number of aromatic nitrogens is 2. The van der Waals surface area contributed by atoms with Crippen LogP contribution in [0.5, 0.6) is 0 Å². The van der Waals surface area contributed by atoms with Gasteiger partial charge in [-0.1, -0.05) is 35.9 Å². The highest BCUT2D eigenvalue weighted by molar-refractivity contribution is 6.30. The summed E-state index contributed by atoms with van der Waals surface area (Å²) in [6.45, 7) is 5.17. The van der Waals surface area contributed by atoms with Gasteiger partial charge in [-0.05, 0) is 55.3 Å². The zero-order chi connectivity index (χ0) is 17.8. The summed E-state index contributed by atoms with van der Waals surface area (Å²) >= 11 is 5.95. The molecule has 128 valence electrons. The van der Waals surface area contributed by atoms with Gasteiger partial charge in [-0.3, -0.25) is 9.48 Å². The van der Waals surface area contributed by atoms with E-state index in [2.05, 4.69) is 16.5 Å². The lowest BCUT2D eigenvalue weighted by Crippen LogP contribution is -2.22. The van der Waals surface area contributed by atoms with Crippen molar-refractivity contribution in [3.8, 4) is 0 Å². The van der Waals surface area contributed by atoms with Gasteiger partial charge in [0.05, 0.1) is 12.2 Å². The number of nitrogens with one attached hydrogen (secondary N) is 1. The third-order valence-corrected chi connectivity index (χ3v) is 4.23. The van der Waals surface area contributed by atoms with E-state index in [4.69, 9.17) is 11.6 Å². The summed E-state index contributed by atoms with van der Waals surface area (Å²) in [4.78, 5) is 12.3. The number of amides is 1. The minimum Gasteiger partial charge on any atom is -0.348 e. The normalized spacial score (nSPS) is 10.7. The molecule has 0 radical (unpaired) electrons. The molecule has 0 aliphatic heterocycles. The number of nitrogens with zero attached hydrogens (tertiary/aromatic N) is 2. The number of carbonyl (C=O) groups excluding carboxylic acids is 1.